The van der Waals surface area contributed by atoms with E-state index < -0.39 is 0 Å². The number of aryl methyl sites for hydroxylation is 2. The molecule has 0 bridgehead atoms. The van der Waals surface area contributed by atoms with Gasteiger partial charge in [0.15, 0.2) is 0 Å². The number of anilines is 1. The van der Waals surface area contributed by atoms with Crippen molar-refractivity contribution in [3.63, 3.8) is 0 Å². The summed E-state index contributed by atoms with van der Waals surface area (Å²) in [6, 6.07) is 18.1. The van der Waals surface area contributed by atoms with Gasteiger partial charge in [0.1, 0.15) is 17.2 Å². The third-order valence-corrected chi connectivity index (χ3v) is 3.76. The van der Waals surface area contributed by atoms with Crippen LogP contribution in [0.25, 0.3) is 0 Å². The van der Waals surface area contributed by atoms with Crippen LogP contribution in [0.15, 0.2) is 60.7 Å². The lowest BCUT2D eigenvalue weighted by atomic mass is 10.3. The van der Waals surface area contributed by atoms with E-state index in [0.717, 1.165) is 11.4 Å². The number of para-hydroxylation sites is 1. The van der Waals surface area contributed by atoms with Crippen LogP contribution in [0.4, 0.5) is 5.69 Å². The lowest BCUT2D eigenvalue weighted by molar-refractivity contribution is -0.115. The van der Waals surface area contributed by atoms with Gasteiger partial charge in [0, 0.05) is 12.7 Å². The maximum Gasteiger partial charge on any atom is 0.269 e. The molecule has 138 valence electrons. The molecule has 0 spiro atoms. The van der Waals surface area contributed by atoms with Crippen molar-refractivity contribution >= 4 is 17.5 Å². The van der Waals surface area contributed by atoms with Crippen molar-refractivity contribution in [3.05, 3.63) is 72.1 Å². The van der Waals surface area contributed by atoms with E-state index in [2.05, 4.69) is 15.7 Å². The summed E-state index contributed by atoms with van der Waals surface area (Å²) < 4.78 is 7.18. The van der Waals surface area contributed by atoms with Crippen molar-refractivity contribution in [2.75, 3.05) is 11.9 Å². The molecule has 0 aliphatic heterocycles. The second-order valence-electron chi connectivity index (χ2n) is 5.96. The van der Waals surface area contributed by atoms with Crippen molar-refractivity contribution in [1.29, 1.82) is 0 Å². The van der Waals surface area contributed by atoms with Crippen LogP contribution >= 0.6 is 0 Å². The number of aromatic nitrogens is 2. The molecular formula is C20H20N4O3. The van der Waals surface area contributed by atoms with Gasteiger partial charge in [-0.25, -0.2) is 0 Å². The molecule has 7 heteroatoms. The Balaban J connectivity index is 1.50. The quantitative estimate of drug-likeness (QED) is 0.704. The van der Waals surface area contributed by atoms with E-state index in [0.29, 0.717) is 17.1 Å². The summed E-state index contributed by atoms with van der Waals surface area (Å²) in [6.07, 6.45) is 0. The molecule has 0 fully saturated rings. The molecule has 2 amide bonds. The number of rotatable bonds is 6. The van der Waals surface area contributed by atoms with E-state index >= 15 is 0 Å². The molecule has 0 saturated carbocycles. The van der Waals surface area contributed by atoms with Crippen LogP contribution in [0.5, 0.6) is 11.5 Å². The largest absolute Gasteiger partial charge is 0.457 e. The molecule has 0 unspecified atom stereocenters. The number of nitrogens with one attached hydrogen (secondary N) is 2. The zero-order valence-electron chi connectivity index (χ0n) is 15.1. The van der Waals surface area contributed by atoms with E-state index in [4.69, 9.17) is 4.74 Å². The Bertz CT molecular complexity index is 934. The maximum absolute atomic E-state index is 12.1. The van der Waals surface area contributed by atoms with Crippen molar-refractivity contribution in [1.82, 2.24) is 15.1 Å². The fraction of sp³-hybridized carbons (Fsp3) is 0.150. The summed E-state index contributed by atoms with van der Waals surface area (Å²) in [6.45, 7) is 1.67. The lowest BCUT2D eigenvalue weighted by Gasteiger charge is -2.09. The molecular weight excluding hydrogens is 344 g/mol. The van der Waals surface area contributed by atoms with Gasteiger partial charge < -0.3 is 15.4 Å². The van der Waals surface area contributed by atoms with Gasteiger partial charge in [0.05, 0.1) is 12.2 Å². The fourth-order valence-corrected chi connectivity index (χ4v) is 2.51. The smallest absolute Gasteiger partial charge is 0.269 e. The van der Waals surface area contributed by atoms with Gasteiger partial charge in [-0.2, -0.15) is 5.10 Å². The highest BCUT2D eigenvalue weighted by molar-refractivity contribution is 5.98. The Kier molecular flexibility index (Phi) is 5.51. The zero-order chi connectivity index (χ0) is 19.2. The normalized spacial score (nSPS) is 10.3. The molecule has 3 aromatic rings. The molecule has 2 N–H and O–H groups in total. The zero-order valence-corrected chi connectivity index (χ0v) is 15.1. The molecule has 2 aromatic carbocycles. The number of amides is 2. The number of nitrogens with zero attached hydrogens (tertiary/aromatic N) is 2. The van der Waals surface area contributed by atoms with Crippen molar-refractivity contribution < 1.29 is 14.3 Å². The third-order valence-electron chi connectivity index (χ3n) is 3.76. The summed E-state index contributed by atoms with van der Waals surface area (Å²) in [5.41, 5.74) is 1.76. The van der Waals surface area contributed by atoms with Crippen LogP contribution in [0.3, 0.4) is 0 Å². The molecule has 0 radical (unpaired) electrons. The predicted molar refractivity (Wildman–Crippen MR) is 102 cm³/mol. The molecule has 27 heavy (non-hydrogen) atoms. The summed E-state index contributed by atoms with van der Waals surface area (Å²) in [7, 11) is 1.68. The van der Waals surface area contributed by atoms with Gasteiger partial charge in [-0.05, 0) is 49.4 Å². The first-order chi connectivity index (χ1) is 13.0. The molecule has 1 aromatic heterocycles. The molecule has 0 aliphatic rings. The average molecular weight is 364 g/mol. The van der Waals surface area contributed by atoms with Crippen LogP contribution in [-0.4, -0.2) is 28.1 Å². The monoisotopic (exact) mass is 364 g/mol. The molecule has 0 atom stereocenters. The highest BCUT2D eigenvalue weighted by Gasteiger charge is 2.13. The standard InChI is InChI=1S/C20H20N4O3/c1-14-12-18(24(2)23-14)20(26)21-13-19(25)22-15-8-10-17(11-9-15)27-16-6-4-3-5-7-16/h3-12H,13H2,1-2H3,(H,21,26)(H,22,25). The van der Waals surface area contributed by atoms with E-state index in [1.807, 2.05) is 30.3 Å². The molecule has 1 heterocycles. The van der Waals surface area contributed by atoms with Crippen molar-refractivity contribution in [2.24, 2.45) is 7.05 Å². The first-order valence-electron chi connectivity index (χ1n) is 8.43. The Hall–Kier alpha value is -3.61. The van der Waals surface area contributed by atoms with Gasteiger partial charge in [0.25, 0.3) is 5.91 Å². The van der Waals surface area contributed by atoms with E-state index in [1.165, 1.54) is 4.68 Å². The summed E-state index contributed by atoms with van der Waals surface area (Å²) in [4.78, 5) is 24.1. The fourth-order valence-electron chi connectivity index (χ4n) is 2.51. The first-order valence-corrected chi connectivity index (χ1v) is 8.43. The second-order valence-corrected chi connectivity index (χ2v) is 5.96. The summed E-state index contributed by atoms with van der Waals surface area (Å²) >= 11 is 0. The molecule has 0 saturated heterocycles. The number of carbonyl (C=O) groups excluding carboxylic acids is 2. The maximum atomic E-state index is 12.1. The Morgan fingerprint density at radius 3 is 2.33 bits per heavy atom. The van der Waals surface area contributed by atoms with E-state index in [9.17, 15) is 9.59 Å². The highest BCUT2D eigenvalue weighted by Crippen LogP contribution is 2.22. The topological polar surface area (TPSA) is 85.3 Å². The number of hydrogen-bond acceptors (Lipinski definition) is 4. The first kappa shape index (κ1) is 18.2. The number of carbonyl (C=O) groups is 2. The van der Waals surface area contributed by atoms with E-state index in [-0.39, 0.29) is 18.4 Å². The Morgan fingerprint density at radius 1 is 1.04 bits per heavy atom. The molecule has 0 aliphatic carbocycles. The number of hydrogen-bond donors (Lipinski definition) is 2. The SMILES string of the molecule is Cc1cc(C(=O)NCC(=O)Nc2ccc(Oc3ccccc3)cc2)n(C)n1. The third kappa shape index (κ3) is 4.94. The minimum absolute atomic E-state index is 0.134. The van der Waals surface area contributed by atoms with Gasteiger partial charge in [-0.3, -0.25) is 14.3 Å². The average Bonchev–Trinajstić information content (AvgIpc) is 3.00. The van der Waals surface area contributed by atoms with Crippen LogP contribution < -0.4 is 15.4 Å². The molecule has 7 nitrogen and oxygen atoms in total. The van der Waals surface area contributed by atoms with Crippen LogP contribution in [0.2, 0.25) is 0 Å². The Morgan fingerprint density at radius 2 is 1.70 bits per heavy atom. The van der Waals surface area contributed by atoms with Gasteiger partial charge in [-0.15, -0.1) is 0 Å². The minimum atomic E-state index is -0.347. The summed E-state index contributed by atoms with van der Waals surface area (Å²) in [5, 5.41) is 9.42. The van der Waals surface area contributed by atoms with Gasteiger partial charge in [-0.1, -0.05) is 18.2 Å². The second kappa shape index (κ2) is 8.18. The predicted octanol–water partition coefficient (Wildman–Crippen LogP) is 2.89. The van der Waals surface area contributed by atoms with E-state index in [1.54, 1.807) is 44.3 Å². The number of ether oxygens (including phenoxy) is 1. The van der Waals surface area contributed by atoms with Crippen LogP contribution in [-0.2, 0) is 11.8 Å². The molecule has 3 rings (SSSR count). The van der Waals surface area contributed by atoms with Crippen molar-refractivity contribution in [3.8, 4) is 11.5 Å². The van der Waals surface area contributed by atoms with Crippen LogP contribution in [0, 0.1) is 6.92 Å². The lowest BCUT2D eigenvalue weighted by Crippen LogP contribution is -2.33. The van der Waals surface area contributed by atoms with Gasteiger partial charge >= 0.3 is 0 Å². The van der Waals surface area contributed by atoms with Gasteiger partial charge in [0.2, 0.25) is 5.91 Å². The highest BCUT2D eigenvalue weighted by atomic mass is 16.5. The minimum Gasteiger partial charge on any atom is -0.457 e. The summed E-state index contributed by atoms with van der Waals surface area (Å²) in [5.74, 6) is 0.736. The Labute approximate surface area is 157 Å². The number of benzene rings is 2. The van der Waals surface area contributed by atoms with Crippen molar-refractivity contribution in [2.45, 2.75) is 6.92 Å². The van der Waals surface area contributed by atoms with Crippen LogP contribution in [0.1, 0.15) is 16.2 Å².